The molecule has 4 heteroatoms. The fourth-order valence-electron chi connectivity index (χ4n) is 1.35. The molecule has 0 unspecified atom stereocenters. The highest BCUT2D eigenvalue weighted by Crippen LogP contribution is 2.29. The molecule has 0 atom stereocenters. The molecule has 15 heavy (non-hydrogen) atoms. The topological polar surface area (TPSA) is 55.4 Å². The first-order chi connectivity index (χ1) is 7.10. The van der Waals surface area contributed by atoms with Gasteiger partial charge in [0.25, 0.3) is 0 Å². The Balaban J connectivity index is 3.28. The summed E-state index contributed by atoms with van der Waals surface area (Å²) in [6.45, 7) is 3.21. The van der Waals surface area contributed by atoms with E-state index in [0.717, 1.165) is 11.8 Å². The van der Waals surface area contributed by atoms with Gasteiger partial charge in [0.1, 0.15) is 0 Å². The number of carbonyl (C=O) groups excluding carboxylic acids is 2. The van der Waals surface area contributed by atoms with Crippen LogP contribution in [0.4, 0.5) is 5.69 Å². The van der Waals surface area contributed by atoms with Gasteiger partial charge in [0.15, 0.2) is 12.0 Å². The summed E-state index contributed by atoms with van der Waals surface area (Å²) in [7, 11) is 1.47. The van der Waals surface area contributed by atoms with Gasteiger partial charge in [-0.2, -0.15) is 0 Å². The molecule has 0 aliphatic carbocycles. The number of carbonyl (C=O) groups is 2. The van der Waals surface area contributed by atoms with Crippen LogP contribution in [0, 0.1) is 6.92 Å². The van der Waals surface area contributed by atoms with Gasteiger partial charge in [0.05, 0.1) is 18.4 Å². The third-order valence-corrected chi connectivity index (χ3v) is 2.05. The smallest absolute Gasteiger partial charge is 0.221 e. The molecule has 0 aliphatic heterocycles. The summed E-state index contributed by atoms with van der Waals surface area (Å²) < 4.78 is 5.10. The zero-order chi connectivity index (χ0) is 11.4. The van der Waals surface area contributed by atoms with Crippen LogP contribution in [0.15, 0.2) is 12.1 Å². The van der Waals surface area contributed by atoms with E-state index in [9.17, 15) is 9.59 Å². The number of ether oxygens (including phenoxy) is 1. The quantitative estimate of drug-likeness (QED) is 0.768. The summed E-state index contributed by atoms with van der Waals surface area (Å²) in [5.74, 6) is 0.203. The third-order valence-electron chi connectivity index (χ3n) is 2.05. The lowest BCUT2D eigenvalue weighted by Crippen LogP contribution is -2.08. The van der Waals surface area contributed by atoms with Crippen LogP contribution in [0.25, 0.3) is 0 Å². The molecule has 1 N–H and O–H groups in total. The molecule has 1 rings (SSSR count). The first kappa shape index (κ1) is 11.2. The second kappa shape index (κ2) is 4.59. The van der Waals surface area contributed by atoms with Gasteiger partial charge in [-0.3, -0.25) is 9.59 Å². The highest BCUT2D eigenvalue weighted by molar-refractivity contribution is 5.94. The minimum absolute atomic E-state index is 0.200. The maximum atomic E-state index is 10.9. The highest BCUT2D eigenvalue weighted by atomic mass is 16.5. The first-order valence-electron chi connectivity index (χ1n) is 4.50. The van der Waals surface area contributed by atoms with E-state index >= 15 is 0 Å². The molecule has 0 saturated carbocycles. The molecule has 0 bridgehead atoms. The van der Waals surface area contributed by atoms with E-state index in [1.54, 1.807) is 12.1 Å². The van der Waals surface area contributed by atoms with E-state index < -0.39 is 0 Å². The summed E-state index contributed by atoms with van der Waals surface area (Å²) in [6.07, 6.45) is 0.722. The van der Waals surface area contributed by atoms with Gasteiger partial charge < -0.3 is 10.1 Å². The van der Waals surface area contributed by atoms with Crippen molar-refractivity contribution in [1.82, 2.24) is 0 Å². The Morgan fingerprint density at radius 1 is 1.47 bits per heavy atom. The lowest BCUT2D eigenvalue weighted by Gasteiger charge is -2.12. The van der Waals surface area contributed by atoms with Crippen LogP contribution in [0.1, 0.15) is 22.8 Å². The molecule has 0 aliphatic rings. The molecule has 1 aromatic carbocycles. The van der Waals surface area contributed by atoms with Gasteiger partial charge in [0.2, 0.25) is 5.91 Å². The second-order valence-electron chi connectivity index (χ2n) is 3.18. The maximum Gasteiger partial charge on any atom is 0.221 e. The van der Waals surface area contributed by atoms with Crippen LogP contribution in [0.2, 0.25) is 0 Å². The summed E-state index contributed by atoms with van der Waals surface area (Å²) in [5, 5.41) is 2.60. The van der Waals surface area contributed by atoms with Crippen LogP contribution in [0.5, 0.6) is 5.75 Å². The molecular weight excluding hydrogens is 194 g/mol. The summed E-state index contributed by atoms with van der Waals surface area (Å²) in [5.41, 5.74) is 1.79. The number of rotatable bonds is 3. The summed E-state index contributed by atoms with van der Waals surface area (Å²) in [6, 6.07) is 3.47. The number of benzene rings is 1. The van der Waals surface area contributed by atoms with Crippen molar-refractivity contribution in [3.8, 4) is 5.75 Å². The van der Waals surface area contributed by atoms with E-state index in [-0.39, 0.29) is 5.91 Å². The lowest BCUT2D eigenvalue weighted by molar-refractivity contribution is -0.114. The predicted octanol–water partition coefficient (Wildman–Crippen LogP) is 1.77. The number of anilines is 1. The van der Waals surface area contributed by atoms with Crippen molar-refractivity contribution in [2.24, 2.45) is 0 Å². The molecule has 4 nitrogen and oxygen atoms in total. The number of aryl methyl sites for hydroxylation is 1. The number of aldehydes is 1. The van der Waals surface area contributed by atoms with Gasteiger partial charge in [-0.1, -0.05) is 6.07 Å². The van der Waals surface area contributed by atoms with E-state index in [4.69, 9.17) is 4.74 Å². The van der Waals surface area contributed by atoms with Crippen molar-refractivity contribution in [3.05, 3.63) is 23.3 Å². The van der Waals surface area contributed by atoms with Crippen LogP contribution in [-0.4, -0.2) is 19.3 Å². The van der Waals surface area contributed by atoms with Gasteiger partial charge in [-0.25, -0.2) is 0 Å². The summed E-state index contributed by atoms with van der Waals surface area (Å²) >= 11 is 0. The first-order valence-corrected chi connectivity index (χ1v) is 4.50. The molecule has 0 radical (unpaired) electrons. The second-order valence-corrected chi connectivity index (χ2v) is 3.18. The fourth-order valence-corrected chi connectivity index (χ4v) is 1.35. The Kier molecular flexibility index (Phi) is 3.44. The Morgan fingerprint density at radius 3 is 2.60 bits per heavy atom. The van der Waals surface area contributed by atoms with Crippen molar-refractivity contribution in [1.29, 1.82) is 0 Å². The molecule has 0 fully saturated rings. The number of amides is 1. The normalized spacial score (nSPS) is 9.53. The lowest BCUT2D eigenvalue weighted by atomic mass is 10.1. The molecule has 1 aromatic rings. The zero-order valence-corrected chi connectivity index (χ0v) is 8.96. The summed E-state index contributed by atoms with van der Waals surface area (Å²) in [4.78, 5) is 21.8. The van der Waals surface area contributed by atoms with Gasteiger partial charge in [-0.05, 0) is 18.6 Å². The fraction of sp³-hybridized carbons (Fsp3) is 0.273. The average Bonchev–Trinajstić information content (AvgIpc) is 2.19. The largest absolute Gasteiger partial charge is 0.494 e. The number of hydrogen-bond acceptors (Lipinski definition) is 3. The monoisotopic (exact) mass is 207 g/mol. The standard InChI is InChI=1S/C11H13NO3/c1-7-4-5-10(12-8(2)14)11(15-3)9(7)6-13/h4-6H,1-3H3,(H,12,14). The predicted molar refractivity (Wildman–Crippen MR) is 57.4 cm³/mol. The van der Waals surface area contributed by atoms with E-state index in [0.29, 0.717) is 17.0 Å². The van der Waals surface area contributed by atoms with E-state index in [1.165, 1.54) is 14.0 Å². The Bertz CT molecular complexity index is 399. The minimum Gasteiger partial charge on any atom is -0.494 e. The third kappa shape index (κ3) is 2.34. The van der Waals surface area contributed by atoms with Gasteiger partial charge >= 0.3 is 0 Å². The van der Waals surface area contributed by atoms with E-state index in [2.05, 4.69) is 5.32 Å². The molecule has 80 valence electrons. The Morgan fingerprint density at radius 2 is 2.13 bits per heavy atom. The SMILES string of the molecule is COc1c(NC(C)=O)ccc(C)c1C=O. The molecule has 0 heterocycles. The van der Waals surface area contributed by atoms with Crippen LogP contribution >= 0.6 is 0 Å². The average molecular weight is 207 g/mol. The van der Waals surface area contributed by atoms with Gasteiger partial charge in [-0.15, -0.1) is 0 Å². The number of hydrogen-bond donors (Lipinski definition) is 1. The number of methoxy groups -OCH3 is 1. The number of nitrogens with one attached hydrogen (secondary N) is 1. The van der Waals surface area contributed by atoms with Crippen LogP contribution < -0.4 is 10.1 Å². The van der Waals surface area contributed by atoms with Crippen molar-refractivity contribution < 1.29 is 14.3 Å². The van der Waals surface area contributed by atoms with Crippen molar-refractivity contribution in [2.75, 3.05) is 12.4 Å². The van der Waals surface area contributed by atoms with Crippen molar-refractivity contribution in [2.45, 2.75) is 13.8 Å². The Hall–Kier alpha value is -1.84. The molecule has 0 saturated heterocycles. The highest BCUT2D eigenvalue weighted by Gasteiger charge is 2.11. The Labute approximate surface area is 88.2 Å². The maximum absolute atomic E-state index is 10.9. The van der Waals surface area contributed by atoms with Crippen LogP contribution in [-0.2, 0) is 4.79 Å². The molecule has 1 amide bonds. The zero-order valence-electron chi connectivity index (χ0n) is 8.96. The minimum atomic E-state index is -0.200. The molecular formula is C11H13NO3. The van der Waals surface area contributed by atoms with Crippen molar-refractivity contribution in [3.63, 3.8) is 0 Å². The van der Waals surface area contributed by atoms with Gasteiger partial charge in [0, 0.05) is 6.92 Å². The van der Waals surface area contributed by atoms with Crippen molar-refractivity contribution >= 4 is 17.9 Å². The molecule has 0 spiro atoms. The van der Waals surface area contributed by atoms with Crippen LogP contribution in [0.3, 0.4) is 0 Å². The molecule has 0 aromatic heterocycles. The van der Waals surface area contributed by atoms with E-state index in [1.807, 2.05) is 6.92 Å².